The summed E-state index contributed by atoms with van der Waals surface area (Å²) in [6.45, 7) is 1.76. The predicted molar refractivity (Wildman–Crippen MR) is 139 cm³/mol. The standard InChI is InChI=1S/C26H25N3O3S/c1-15(33)27-16-6-9-19(22(12-16)26(30)31)25-20-10-7-17(28(2)3)13-23(20)32-24-14-18(29(4)5)8-11-21(24)25/h6-14H,1-5H3,(H,30,31)/p+1. The van der Waals surface area contributed by atoms with Gasteiger partial charge in [0.1, 0.15) is 25.4 Å². The van der Waals surface area contributed by atoms with Crippen molar-refractivity contribution in [2.75, 3.05) is 38.4 Å². The van der Waals surface area contributed by atoms with E-state index in [0.717, 1.165) is 27.6 Å². The van der Waals surface area contributed by atoms with Crippen LogP contribution in [0.3, 0.4) is 0 Å². The van der Waals surface area contributed by atoms with Crippen molar-refractivity contribution in [3.63, 3.8) is 0 Å². The van der Waals surface area contributed by atoms with Crippen LogP contribution in [-0.4, -0.2) is 44.3 Å². The molecule has 0 spiro atoms. The number of benzene rings is 3. The molecule has 2 aliphatic rings. The third-order valence-electron chi connectivity index (χ3n) is 5.56. The number of aromatic carboxylic acids is 1. The first-order valence-electron chi connectivity index (χ1n) is 10.5. The molecule has 2 aromatic rings. The summed E-state index contributed by atoms with van der Waals surface area (Å²) in [7, 11) is 7.89. The van der Waals surface area contributed by atoms with Crippen molar-refractivity contribution in [3.05, 3.63) is 65.5 Å². The summed E-state index contributed by atoms with van der Waals surface area (Å²) in [5, 5.41) is 14.9. The van der Waals surface area contributed by atoms with Crippen LogP contribution in [0.15, 0.2) is 59.0 Å². The van der Waals surface area contributed by atoms with Crippen LogP contribution < -0.4 is 20.1 Å². The molecule has 0 unspecified atom stereocenters. The van der Waals surface area contributed by atoms with Gasteiger partial charge in [-0.3, -0.25) is 0 Å². The lowest BCUT2D eigenvalue weighted by Gasteiger charge is -2.19. The summed E-state index contributed by atoms with van der Waals surface area (Å²) in [6, 6.07) is 17.3. The van der Waals surface area contributed by atoms with Crippen LogP contribution in [0.4, 0.5) is 11.4 Å². The van der Waals surface area contributed by atoms with Gasteiger partial charge in [-0.2, -0.15) is 0 Å². The molecule has 0 saturated heterocycles. The molecule has 7 heteroatoms. The summed E-state index contributed by atoms with van der Waals surface area (Å²) < 4.78 is 8.34. The van der Waals surface area contributed by atoms with Crippen molar-refractivity contribution in [2.24, 2.45) is 0 Å². The zero-order valence-corrected chi connectivity index (χ0v) is 20.1. The van der Waals surface area contributed by atoms with Crippen molar-refractivity contribution in [2.45, 2.75) is 6.92 Å². The van der Waals surface area contributed by atoms with Crippen LogP contribution in [-0.2, 0) is 0 Å². The van der Waals surface area contributed by atoms with Crippen LogP contribution in [0.5, 0.6) is 0 Å². The number of nitrogens with zero attached hydrogens (tertiary/aromatic N) is 2. The highest BCUT2D eigenvalue weighted by Gasteiger charge is 2.22. The van der Waals surface area contributed by atoms with Gasteiger partial charge in [0.2, 0.25) is 5.36 Å². The summed E-state index contributed by atoms with van der Waals surface area (Å²) in [4.78, 5) is 14.9. The van der Waals surface area contributed by atoms with E-state index >= 15 is 0 Å². The average Bonchev–Trinajstić information content (AvgIpc) is 2.76. The van der Waals surface area contributed by atoms with E-state index < -0.39 is 5.97 Å². The fourth-order valence-electron chi connectivity index (χ4n) is 3.93. The van der Waals surface area contributed by atoms with Gasteiger partial charge < -0.3 is 19.7 Å². The van der Waals surface area contributed by atoms with E-state index in [1.807, 2.05) is 86.2 Å². The van der Waals surface area contributed by atoms with E-state index in [4.69, 9.17) is 16.6 Å². The molecule has 1 aliphatic carbocycles. The number of rotatable bonds is 4. The Hall–Kier alpha value is -3.71. The summed E-state index contributed by atoms with van der Waals surface area (Å²) in [6.07, 6.45) is 0. The van der Waals surface area contributed by atoms with Crippen LogP contribution >= 0.6 is 12.2 Å². The summed E-state index contributed by atoms with van der Waals surface area (Å²) in [5.74, 6) is -0.319. The number of hydrogen-bond acceptors (Lipinski definition) is 4. The maximum Gasteiger partial charge on any atom is 0.336 e. The molecule has 0 fully saturated rings. The third-order valence-corrected chi connectivity index (χ3v) is 5.66. The number of hydrogen-bond donors (Lipinski definition) is 2. The van der Waals surface area contributed by atoms with Crippen molar-refractivity contribution in [3.8, 4) is 22.5 Å². The highest BCUT2D eigenvalue weighted by atomic mass is 32.1. The number of carbonyl (C=O) groups is 1. The van der Waals surface area contributed by atoms with E-state index in [1.165, 1.54) is 0 Å². The van der Waals surface area contributed by atoms with Crippen LogP contribution in [0, 0.1) is 0 Å². The first-order chi connectivity index (χ1) is 15.7. The minimum Gasteiger partial charge on any atom is -0.478 e. The Morgan fingerprint density at radius 2 is 1.76 bits per heavy atom. The van der Waals surface area contributed by atoms with Crippen molar-refractivity contribution in [1.82, 2.24) is 4.58 Å². The van der Waals surface area contributed by atoms with Gasteiger partial charge in [-0.25, -0.2) is 9.37 Å². The van der Waals surface area contributed by atoms with Gasteiger partial charge >= 0.3 is 5.97 Å². The van der Waals surface area contributed by atoms with Crippen LogP contribution in [0.25, 0.3) is 33.4 Å². The monoisotopic (exact) mass is 460 g/mol. The predicted octanol–water partition coefficient (Wildman–Crippen LogP) is 4.76. The largest absolute Gasteiger partial charge is 0.478 e. The molecule has 0 bridgehead atoms. The van der Waals surface area contributed by atoms with Gasteiger partial charge in [0, 0.05) is 54.1 Å². The molecule has 0 aromatic heterocycles. The van der Waals surface area contributed by atoms with Crippen LogP contribution in [0.1, 0.15) is 17.3 Å². The molecule has 33 heavy (non-hydrogen) atoms. The van der Waals surface area contributed by atoms with Crippen LogP contribution in [0.2, 0.25) is 0 Å². The number of fused-ring (bicyclic) bond motifs is 2. The molecular weight excluding hydrogens is 434 g/mol. The molecule has 2 N–H and O–H groups in total. The molecule has 0 atom stereocenters. The Morgan fingerprint density at radius 3 is 2.39 bits per heavy atom. The van der Waals surface area contributed by atoms with Crippen molar-refractivity contribution >= 4 is 45.5 Å². The number of carboxylic acids is 1. The lowest BCUT2D eigenvalue weighted by atomic mass is 9.90. The summed E-state index contributed by atoms with van der Waals surface area (Å²) in [5.41, 5.74) is 4.81. The van der Waals surface area contributed by atoms with Crippen molar-refractivity contribution in [1.29, 1.82) is 0 Å². The number of anilines is 2. The average molecular weight is 461 g/mol. The Bertz CT molecular complexity index is 1450. The Kier molecular flexibility index (Phi) is 5.91. The fraction of sp³-hybridized carbons (Fsp3) is 0.192. The van der Waals surface area contributed by atoms with Gasteiger partial charge in [0.15, 0.2) is 0 Å². The zero-order chi connectivity index (χ0) is 23.9. The smallest absolute Gasteiger partial charge is 0.336 e. The SMILES string of the molecule is CC(=S)Nc1ccc(-c2c3ccc(=[N+](C)C)cc-3oc3cc(N(C)C)ccc23)c(C(=O)O)c1. The number of nitrogens with one attached hydrogen (secondary N) is 1. The maximum absolute atomic E-state index is 12.3. The number of thiocarbonyl (C=S) groups is 1. The second-order valence-electron chi connectivity index (χ2n) is 8.37. The van der Waals surface area contributed by atoms with Gasteiger partial charge in [-0.05, 0) is 42.8 Å². The highest BCUT2D eigenvalue weighted by molar-refractivity contribution is 7.80. The van der Waals surface area contributed by atoms with E-state index in [-0.39, 0.29) is 5.56 Å². The molecule has 0 radical (unpaired) electrons. The molecular formula is C26H26N3O3S+. The molecule has 2 aromatic carbocycles. The van der Waals surface area contributed by atoms with Gasteiger partial charge in [-0.15, -0.1) is 0 Å². The Morgan fingerprint density at radius 1 is 1.03 bits per heavy atom. The fourth-order valence-corrected chi connectivity index (χ4v) is 4.05. The Balaban J connectivity index is 2.12. The van der Waals surface area contributed by atoms with Crippen molar-refractivity contribution < 1.29 is 14.3 Å². The third kappa shape index (κ3) is 4.32. The van der Waals surface area contributed by atoms with Gasteiger partial charge in [0.05, 0.1) is 16.6 Å². The second kappa shape index (κ2) is 8.67. The van der Waals surface area contributed by atoms with E-state index in [0.29, 0.717) is 27.6 Å². The molecule has 1 heterocycles. The topological polar surface area (TPSA) is 68.7 Å². The molecule has 6 nitrogen and oxygen atoms in total. The lowest BCUT2D eigenvalue weighted by molar-refractivity contribution is 0.0698. The molecule has 4 rings (SSSR count). The number of carboxylic acid groups (broad SMARTS) is 1. The maximum atomic E-state index is 12.3. The Labute approximate surface area is 197 Å². The molecule has 0 saturated carbocycles. The first-order valence-corrected chi connectivity index (χ1v) is 10.9. The lowest BCUT2D eigenvalue weighted by Crippen LogP contribution is -2.21. The highest BCUT2D eigenvalue weighted by Crippen LogP contribution is 2.42. The first kappa shape index (κ1) is 22.5. The van der Waals surface area contributed by atoms with E-state index in [9.17, 15) is 9.90 Å². The van der Waals surface area contributed by atoms with E-state index in [2.05, 4.69) is 5.32 Å². The molecule has 1 aliphatic heterocycles. The molecule has 0 amide bonds. The van der Waals surface area contributed by atoms with E-state index in [1.54, 1.807) is 13.0 Å². The minimum absolute atomic E-state index is 0.193. The quantitative estimate of drug-likeness (QED) is 0.260. The minimum atomic E-state index is -1.01. The second-order valence-corrected chi connectivity index (χ2v) is 8.99. The van der Waals surface area contributed by atoms with Gasteiger partial charge in [-0.1, -0.05) is 18.3 Å². The normalized spacial score (nSPS) is 10.9. The van der Waals surface area contributed by atoms with Gasteiger partial charge in [0.25, 0.3) is 0 Å². The zero-order valence-electron chi connectivity index (χ0n) is 19.3. The summed E-state index contributed by atoms with van der Waals surface area (Å²) >= 11 is 5.13. The molecule has 168 valence electrons.